The minimum absolute atomic E-state index is 0.331. The predicted molar refractivity (Wildman–Crippen MR) is 109 cm³/mol. The van der Waals surface area contributed by atoms with Crippen molar-refractivity contribution in [1.29, 1.82) is 0 Å². The highest BCUT2D eigenvalue weighted by Gasteiger charge is 2.17. The zero-order chi connectivity index (χ0) is 20.3. The molecule has 7 heteroatoms. The summed E-state index contributed by atoms with van der Waals surface area (Å²) >= 11 is 6.34. The fourth-order valence-corrected chi connectivity index (χ4v) is 2.94. The van der Waals surface area contributed by atoms with Crippen LogP contribution in [0.4, 0.5) is 21.5 Å². The molecule has 0 aliphatic carbocycles. The Hall–Kier alpha value is -3.12. The van der Waals surface area contributed by atoms with Gasteiger partial charge < -0.3 is 15.4 Å². The van der Waals surface area contributed by atoms with E-state index in [1.54, 1.807) is 50.2 Å². The van der Waals surface area contributed by atoms with Crippen molar-refractivity contribution in [3.8, 4) is 5.88 Å². The summed E-state index contributed by atoms with van der Waals surface area (Å²) in [5, 5.41) is 6.36. The maximum Gasteiger partial charge on any atom is 0.257 e. The van der Waals surface area contributed by atoms with Gasteiger partial charge in [-0.3, -0.25) is 4.79 Å². The zero-order valence-electron chi connectivity index (χ0n) is 15.6. The van der Waals surface area contributed by atoms with E-state index in [4.69, 9.17) is 16.3 Å². The molecule has 1 heterocycles. The second-order valence-electron chi connectivity index (χ2n) is 6.19. The minimum atomic E-state index is -0.347. The average Bonchev–Trinajstić information content (AvgIpc) is 2.66. The van der Waals surface area contributed by atoms with E-state index in [0.29, 0.717) is 44.8 Å². The van der Waals surface area contributed by atoms with Gasteiger partial charge in [0, 0.05) is 11.8 Å². The van der Waals surface area contributed by atoms with Gasteiger partial charge in [0.2, 0.25) is 5.88 Å². The van der Waals surface area contributed by atoms with Crippen molar-refractivity contribution in [3.63, 3.8) is 0 Å². The molecule has 0 unspecified atom stereocenters. The first-order chi connectivity index (χ1) is 13.4. The number of hydrogen-bond acceptors (Lipinski definition) is 4. The molecule has 3 rings (SSSR count). The summed E-state index contributed by atoms with van der Waals surface area (Å²) in [4.78, 5) is 17.1. The van der Waals surface area contributed by atoms with Crippen LogP contribution in [0.15, 0.2) is 48.5 Å². The molecule has 1 aromatic heterocycles. The summed E-state index contributed by atoms with van der Waals surface area (Å²) in [6.07, 6.45) is 0. The first-order valence-electron chi connectivity index (χ1n) is 8.53. The number of pyridine rings is 1. The van der Waals surface area contributed by atoms with E-state index in [0.717, 1.165) is 0 Å². The molecule has 28 heavy (non-hydrogen) atoms. The number of halogens is 2. The number of anilines is 3. The highest BCUT2D eigenvalue weighted by molar-refractivity contribution is 6.34. The van der Waals surface area contributed by atoms with Crippen LogP contribution >= 0.6 is 11.6 Å². The number of carbonyl (C=O) groups is 1. The van der Waals surface area contributed by atoms with Crippen molar-refractivity contribution in [1.82, 2.24) is 4.98 Å². The van der Waals surface area contributed by atoms with Crippen LogP contribution in [0.2, 0.25) is 5.02 Å². The zero-order valence-corrected chi connectivity index (χ0v) is 16.4. The Bertz CT molecular complexity index is 1040. The lowest BCUT2D eigenvalue weighted by Gasteiger charge is -2.16. The molecule has 0 fully saturated rings. The molecule has 0 bridgehead atoms. The van der Waals surface area contributed by atoms with Gasteiger partial charge in [0.15, 0.2) is 0 Å². The summed E-state index contributed by atoms with van der Waals surface area (Å²) in [7, 11) is 1.53. The smallest absolute Gasteiger partial charge is 0.257 e. The molecule has 0 saturated heterocycles. The van der Waals surface area contributed by atoms with Crippen molar-refractivity contribution in [2.45, 2.75) is 13.8 Å². The monoisotopic (exact) mass is 399 g/mol. The first kappa shape index (κ1) is 19.6. The number of hydrogen-bond donors (Lipinski definition) is 2. The second kappa shape index (κ2) is 8.27. The maximum absolute atomic E-state index is 13.4. The van der Waals surface area contributed by atoms with E-state index in [-0.39, 0.29) is 11.7 Å². The third-order valence-corrected chi connectivity index (χ3v) is 4.54. The molecule has 2 N–H and O–H groups in total. The summed E-state index contributed by atoms with van der Waals surface area (Å²) < 4.78 is 18.5. The van der Waals surface area contributed by atoms with E-state index < -0.39 is 0 Å². The van der Waals surface area contributed by atoms with Gasteiger partial charge in [-0.25, -0.2) is 9.37 Å². The molecule has 0 aliphatic heterocycles. The Kier molecular flexibility index (Phi) is 5.80. The van der Waals surface area contributed by atoms with Crippen LogP contribution < -0.4 is 15.4 Å². The van der Waals surface area contributed by atoms with Crippen LogP contribution in [-0.4, -0.2) is 18.0 Å². The summed E-state index contributed by atoms with van der Waals surface area (Å²) in [6, 6.07) is 12.8. The van der Waals surface area contributed by atoms with Crippen LogP contribution in [-0.2, 0) is 0 Å². The molecular formula is C21H19ClFN3O2. The van der Waals surface area contributed by atoms with E-state index in [1.807, 2.05) is 0 Å². The number of rotatable bonds is 5. The van der Waals surface area contributed by atoms with Crippen molar-refractivity contribution >= 4 is 34.6 Å². The fourth-order valence-electron chi connectivity index (χ4n) is 2.72. The molecule has 0 aliphatic rings. The normalized spacial score (nSPS) is 10.5. The Labute approximate surface area is 167 Å². The number of para-hydroxylation sites is 1. The number of ether oxygens (including phenoxy) is 1. The number of carbonyl (C=O) groups excluding carboxylic acids is 1. The molecule has 0 saturated carbocycles. The lowest BCUT2D eigenvalue weighted by molar-refractivity contribution is 0.102. The van der Waals surface area contributed by atoms with Gasteiger partial charge in [-0.05, 0) is 55.8 Å². The standard InChI is InChI=1S/C21H19ClFN3O2/c1-12-11-14(23)7-8-17(12)25-20-15(5-4-6-16(20)22)21(27)26-18-9-10-19(28-3)24-13(18)2/h4-11,25H,1-3H3,(H,26,27). The van der Waals surface area contributed by atoms with E-state index in [9.17, 15) is 9.18 Å². The lowest BCUT2D eigenvalue weighted by Crippen LogP contribution is -2.15. The van der Waals surface area contributed by atoms with Crippen LogP contribution in [0.5, 0.6) is 5.88 Å². The highest BCUT2D eigenvalue weighted by Crippen LogP contribution is 2.31. The van der Waals surface area contributed by atoms with Crippen molar-refractivity contribution < 1.29 is 13.9 Å². The summed E-state index contributed by atoms with van der Waals surface area (Å²) in [5.41, 5.74) is 3.34. The number of nitrogens with one attached hydrogen (secondary N) is 2. The molecule has 0 atom stereocenters. The van der Waals surface area contributed by atoms with Crippen LogP contribution in [0.1, 0.15) is 21.6 Å². The number of benzene rings is 2. The number of nitrogens with zero attached hydrogens (tertiary/aromatic N) is 1. The summed E-state index contributed by atoms with van der Waals surface area (Å²) in [5.74, 6) is -0.213. The van der Waals surface area contributed by atoms with E-state index in [2.05, 4.69) is 15.6 Å². The topological polar surface area (TPSA) is 63.2 Å². The van der Waals surface area contributed by atoms with Gasteiger partial charge in [-0.1, -0.05) is 17.7 Å². The third kappa shape index (κ3) is 4.23. The third-order valence-electron chi connectivity index (χ3n) is 4.22. The number of aromatic nitrogens is 1. The molecule has 5 nitrogen and oxygen atoms in total. The molecule has 0 spiro atoms. The van der Waals surface area contributed by atoms with Crippen LogP contribution in [0, 0.1) is 19.7 Å². The quantitative estimate of drug-likeness (QED) is 0.595. The SMILES string of the molecule is COc1ccc(NC(=O)c2cccc(Cl)c2Nc2ccc(F)cc2C)c(C)n1. The van der Waals surface area contributed by atoms with Gasteiger partial charge in [-0.2, -0.15) is 0 Å². The van der Waals surface area contributed by atoms with Crippen LogP contribution in [0.3, 0.4) is 0 Å². The molecule has 1 amide bonds. The number of methoxy groups -OCH3 is 1. The van der Waals surface area contributed by atoms with E-state index >= 15 is 0 Å². The van der Waals surface area contributed by atoms with Gasteiger partial charge in [-0.15, -0.1) is 0 Å². The second-order valence-corrected chi connectivity index (χ2v) is 6.59. The Morgan fingerprint density at radius 1 is 1.11 bits per heavy atom. The van der Waals surface area contributed by atoms with Crippen molar-refractivity contribution in [3.05, 3.63) is 76.2 Å². The number of amides is 1. The molecule has 144 valence electrons. The predicted octanol–water partition coefficient (Wildman–Crippen LogP) is 5.50. The fraction of sp³-hybridized carbons (Fsp3) is 0.143. The van der Waals surface area contributed by atoms with Crippen molar-refractivity contribution in [2.75, 3.05) is 17.7 Å². The maximum atomic E-state index is 13.4. The van der Waals surface area contributed by atoms with Gasteiger partial charge in [0.1, 0.15) is 5.82 Å². The minimum Gasteiger partial charge on any atom is -0.481 e. The number of aryl methyl sites for hydroxylation is 2. The first-order valence-corrected chi connectivity index (χ1v) is 8.91. The van der Waals surface area contributed by atoms with Gasteiger partial charge in [0.05, 0.1) is 34.8 Å². The highest BCUT2D eigenvalue weighted by atomic mass is 35.5. The summed E-state index contributed by atoms with van der Waals surface area (Å²) in [6.45, 7) is 3.55. The van der Waals surface area contributed by atoms with Gasteiger partial charge in [0.25, 0.3) is 5.91 Å². The molecule has 0 radical (unpaired) electrons. The van der Waals surface area contributed by atoms with Crippen LogP contribution in [0.25, 0.3) is 0 Å². The Balaban J connectivity index is 1.92. The molecule has 3 aromatic rings. The average molecular weight is 400 g/mol. The Morgan fingerprint density at radius 2 is 1.86 bits per heavy atom. The van der Waals surface area contributed by atoms with E-state index in [1.165, 1.54) is 19.2 Å². The molecule has 2 aromatic carbocycles. The largest absolute Gasteiger partial charge is 0.481 e. The van der Waals surface area contributed by atoms with Gasteiger partial charge >= 0.3 is 0 Å². The lowest BCUT2D eigenvalue weighted by atomic mass is 10.1. The Morgan fingerprint density at radius 3 is 2.54 bits per heavy atom. The van der Waals surface area contributed by atoms with Crippen molar-refractivity contribution in [2.24, 2.45) is 0 Å². The molecular weight excluding hydrogens is 381 g/mol.